The molecule has 0 aromatic rings. The Morgan fingerprint density at radius 2 is 1.81 bits per heavy atom. The molecule has 0 atom stereocenters. The van der Waals surface area contributed by atoms with Crippen molar-refractivity contribution in [3.8, 4) is 0 Å². The van der Waals surface area contributed by atoms with E-state index in [2.05, 4.69) is 22.9 Å². The van der Waals surface area contributed by atoms with E-state index in [1.54, 1.807) is 0 Å². The molecule has 1 aliphatic carbocycles. The average molecular weight is 297 g/mol. The molecule has 1 aliphatic heterocycles. The summed E-state index contributed by atoms with van der Waals surface area (Å²) in [4.78, 5) is 23.6. The predicted molar refractivity (Wildman–Crippen MR) is 80.1 cm³/mol. The quantitative estimate of drug-likeness (QED) is 0.630. The van der Waals surface area contributed by atoms with E-state index in [-0.39, 0.29) is 18.6 Å². The standard InChI is InChI=1S/C15H27N3O3/c1-11-2-6-15(7-3-11,13(19)20)10-17-14(21)18-12-4-8-16-9-5-12/h11-12,16H,2-10H2,1H3,(H,19,20)(H2,17,18,21). The number of carbonyl (C=O) groups excluding carboxylic acids is 1. The molecule has 6 heteroatoms. The summed E-state index contributed by atoms with van der Waals surface area (Å²) in [6.45, 7) is 4.22. The molecule has 0 radical (unpaired) electrons. The minimum Gasteiger partial charge on any atom is -0.481 e. The Kier molecular flexibility index (Phi) is 5.45. The SMILES string of the molecule is CC1CCC(CNC(=O)NC2CCNCC2)(C(=O)O)CC1. The summed E-state index contributed by atoms with van der Waals surface area (Å²) >= 11 is 0. The monoisotopic (exact) mass is 297 g/mol. The van der Waals surface area contributed by atoms with Crippen LogP contribution in [-0.4, -0.2) is 42.8 Å². The van der Waals surface area contributed by atoms with Crippen LogP contribution in [0.25, 0.3) is 0 Å². The number of nitrogens with one attached hydrogen (secondary N) is 3. The van der Waals surface area contributed by atoms with Gasteiger partial charge in [0.15, 0.2) is 0 Å². The van der Waals surface area contributed by atoms with E-state index in [0.29, 0.717) is 18.8 Å². The molecule has 0 bridgehead atoms. The molecule has 6 nitrogen and oxygen atoms in total. The molecule has 1 saturated heterocycles. The van der Waals surface area contributed by atoms with E-state index in [9.17, 15) is 14.7 Å². The lowest BCUT2D eigenvalue weighted by molar-refractivity contribution is -0.151. The van der Waals surface area contributed by atoms with Gasteiger partial charge in [-0.25, -0.2) is 4.79 Å². The third kappa shape index (κ3) is 4.33. The van der Waals surface area contributed by atoms with Crippen molar-refractivity contribution in [1.29, 1.82) is 0 Å². The fourth-order valence-electron chi connectivity index (χ4n) is 3.23. The lowest BCUT2D eigenvalue weighted by Crippen LogP contribution is -2.51. The van der Waals surface area contributed by atoms with Crippen molar-refractivity contribution >= 4 is 12.0 Å². The van der Waals surface area contributed by atoms with Crippen molar-refractivity contribution in [2.45, 2.75) is 51.5 Å². The first-order valence-electron chi connectivity index (χ1n) is 8.00. The lowest BCUT2D eigenvalue weighted by atomic mass is 9.71. The lowest BCUT2D eigenvalue weighted by Gasteiger charge is -2.36. The normalized spacial score (nSPS) is 30.6. The number of carboxylic acid groups (broad SMARTS) is 1. The van der Waals surface area contributed by atoms with Crippen LogP contribution in [0, 0.1) is 11.3 Å². The van der Waals surface area contributed by atoms with Crippen LogP contribution < -0.4 is 16.0 Å². The molecule has 4 N–H and O–H groups in total. The molecule has 0 unspecified atom stereocenters. The second-order valence-corrected chi connectivity index (χ2v) is 6.62. The maximum Gasteiger partial charge on any atom is 0.315 e. The second kappa shape index (κ2) is 7.11. The highest BCUT2D eigenvalue weighted by atomic mass is 16.4. The number of carboxylic acids is 1. The van der Waals surface area contributed by atoms with Crippen LogP contribution in [0.3, 0.4) is 0 Å². The van der Waals surface area contributed by atoms with Crippen LogP contribution in [0.5, 0.6) is 0 Å². The zero-order valence-electron chi connectivity index (χ0n) is 12.8. The fraction of sp³-hybridized carbons (Fsp3) is 0.867. The Bertz CT molecular complexity index is 372. The highest BCUT2D eigenvalue weighted by Crippen LogP contribution is 2.38. The fourth-order valence-corrected chi connectivity index (χ4v) is 3.23. The summed E-state index contributed by atoms with van der Waals surface area (Å²) in [5, 5.41) is 18.5. The first-order chi connectivity index (χ1) is 10.0. The summed E-state index contributed by atoms with van der Waals surface area (Å²) in [6.07, 6.45) is 4.99. The molecule has 2 rings (SSSR count). The van der Waals surface area contributed by atoms with Crippen molar-refractivity contribution in [3.05, 3.63) is 0 Å². The minimum atomic E-state index is -0.781. The molecule has 0 spiro atoms. The number of urea groups is 1. The van der Waals surface area contributed by atoms with Crippen LogP contribution in [0.2, 0.25) is 0 Å². The molecular formula is C15H27N3O3. The molecule has 2 amide bonds. The molecule has 1 heterocycles. The zero-order chi connectivity index (χ0) is 15.3. The summed E-state index contributed by atoms with van der Waals surface area (Å²) in [7, 11) is 0. The van der Waals surface area contributed by atoms with Gasteiger partial charge in [-0.2, -0.15) is 0 Å². The Morgan fingerprint density at radius 3 is 2.38 bits per heavy atom. The van der Waals surface area contributed by atoms with Crippen LogP contribution in [0.4, 0.5) is 4.79 Å². The summed E-state index contributed by atoms with van der Waals surface area (Å²) in [5.74, 6) is -0.197. The average Bonchev–Trinajstić information content (AvgIpc) is 2.48. The van der Waals surface area contributed by atoms with Gasteiger partial charge in [0.2, 0.25) is 0 Å². The van der Waals surface area contributed by atoms with Gasteiger partial charge in [-0.15, -0.1) is 0 Å². The van der Waals surface area contributed by atoms with Gasteiger partial charge in [0, 0.05) is 12.6 Å². The van der Waals surface area contributed by atoms with Crippen molar-refractivity contribution in [2.24, 2.45) is 11.3 Å². The molecular weight excluding hydrogens is 270 g/mol. The van der Waals surface area contributed by atoms with Gasteiger partial charge in [-0.1, -0.05) is 6.92 Å². The van der Waals surface area contributed by atoms with Gasteiger partial charge in [0.05, 0.1) is 5.41 Å². The van der Waals surface area contributed by atoms with Gasteiger partial charge < -0.3 is 21.1 Å². The summed E-state index contributed by atoms with van der Waals surface area (Å²) in [5.41, 5.74) is -0.780. The Hall–Kier alpha value is -1.30. The van der Waals surface area contributed by atoms with E-state index in [0.717, 1.165) is 38.8 Å². The number of carbonyl (C=O) groups is 2. The highest BCUT2D eigenvalue weighted by molar-refractivity contribution is 5.78. The first-order valence-corrected chi connectivity index (χ1v) is 8.00. The zero-order valence-corrected chi connectivity index (χ0v) is 12.8. The van der Waals surface area contributed by atoms with Crippen molar-refractivity contribution in [2.75, 3.05) is 19.6 Å². The molecule has 0 aromatic carbocycles. The third-order valence-corrected chi connectivity index (χ3v) is 4.95. The van der Waals surface area contributed by atoms with Crippen LogP contribution in [-0.2, 0) is 4.79 Å². The summed E-state index contributed by atoms with van der Waals surface area (Å²) < 4.78 is 0. The molecule has 2 fully saturated rings. The number of amides is 2. The molecule has 1 saturated carbocycles. The third-order valence-electron chi connectivity index (χ3n) is 4.95. The predicted octanol–water partition coefficient (Wildman–Crippen LogP) is 1.32. The van der Waals surface area contributed by atoms with Gasteiger partial charge in [-0.05, 0) is 57.5 Å². The van der Waals surface area contributed by atoms with E-state index in [1.165, 1.54) is 0 Å². The van der Waals surface area contributed by atoms with E-state index >= 15 is 0 Å². The van der Waals surface area contributed by atoms with E-state index in [1.807, 2.05) is 0 Å². The largest absolute Gasteiger partial charge is 0.481 e. The molecule has 21 heavy (non-hydrogen) atoms. The van der Waals surface area contributed by atoms with Crippen LogP contribution in [0.1, 0.15) is 45.4 Å². The first kappa shape index (κ1) is 16.1. The molecule has 0 aromatic heterocycles. The summed E-state index contributed by atoms with van der Waals surface area (Å²) in [6, 6.07) is -0.0421. The topological polar surface area (TPSA) is 90.5 Å². The Labute approximate surface area is 126 Å². The Balaban J connectivity index is 1.81. The molecule has 2 aliphatic rings. The van der Waals surface area contributed by atoms with Gasteiger partial charge in [0.25, 0.3) is 0 Å². The van der Waals surface area contributed by atoms with Crippen molar-refractivity contribution < 1.29 is 14.7 Å². The number of hydrogen-bond donors (Lipinski definition) is 4. The number of rotatable bonds is 4. The van der Waals surface area contributed by atoms with Gasteiger partial charge in [0.1, 0.15) is 0 Å². The smallest absolute Gasteiger partial charge is 0.315 e. The number of piperidine rings is 1. The van der Waals surface area contributed by atoms with Gasteiger partial charge >= 0.3 is 12.0 Å². The van der Waals surface area contributed by atoms with Gasteiger partial charge in [-0.3, -0.25) is 4.79 Å². The maximum absolute atomic E-state index is 11.9. The maximum atomic E-state index is 11.9. The van der Waals surface area contributed by atoms with Crippen molar-refractivity contribution in [1.82, 2.24) is 16.0 Å². The van der Waals surface area contributed by atoms with E-state index < -0.39 is 11.4 Å². The number of hydrogen-bond acceptors (Lipinski definition) is 3. The highest BCUT2D eigenvalue weighted by Gasteiger charge is 2.41. The Morgan fingerprint density at radius 1 is 1.19 bits per heavy atom. The number of aliphatic carboxylic acids is 1. The van der Waals surface area contributed by atoms with Crippen molar-refractivity contribution in [3.63, 3.8) is 0 Å². The van der Waals surface area contributed by atoms with Crippen LogP contribution >= 0.6 is 0 Å². The van der Waals surface area contributed by atoms with Crippen LogP contribution in [0.15, 0.2) is 0 Å². The van der Waals surface area contributed by atoms with E-state index in [4.69, 9.17) is 0 Å². The molecule has 120 valence electrons. The minimum absolute atomic E-state index is 0.193. The second-order valence-electron chi connectivity index (χ2n) is 6.62.